The average Bonchev–Trinajstić information content (AvgIpc) is 2.70. The third-order valence-corrected chi connectivity index (χ3v) is 3.54. The van der Waals surface area contributed by atoms with Gasteiger partial charge in [0.15, 0.2) is 0 Å². The summed E-state index contributed by atoms with van der Waals surface area (Å²) < 4.78 is 27.2. The van der Waals surface area contributed by atoms with E-state index in [1.807, 2.05) is 0 Å². The van der Waals surface area contributed by atoms with Gasteiger partial charge < -0.3 is 10.5 Å². The first-order chi connectivity index (χ1) is 8.41. The second kappa shape index (κ2) is 4.56. The summed E-state index contributed by atoms with van der Waals surface area (Å²) in [5.41, 5.74) is 5.96. The molecule has 0 spiro atoms. The number of primary sulfonamides is 1. The fourth-order valence-electron chi connectivity index (χ4n) is 1.67. The third-order valence-electron chi connectivity index (χ3n) is 2.61. The zero-order chi connectivity index (χ0) is 13.3. The molecule has 0 radical (unpaired) electrons. The number of benzene rings is 1. The first-order valence-electron chi connectivity index (χ1n) is 5.23. The Hall–Kier alpha value is -1.64. The van der Waals surface area contributed by atoms with Gasteiger partial charge in [-0.25, -0.2) is 18.4 Å². The molecule has 0 aliphatic carbocycles. The number of cyclic esters (lactones) is 1. The van der Waals surface area contributed by atoms with E-state index in [0.29, 0.717) is 12.2 Å². The van der Waals surface area contributed by atoms with Gasteiger partial charge in [0.05, 0.1) is 11.4 Å². The molecular formula is C10H13N3O4S. The van der Waals surface area contributed by atoms with Gasteiger partial charge in [-0.05, 0) is 24.3 Å². The molecule has 1 unspecified atom stereocenters. The minimum Gasteiger partial charge on any atom is -0.443 e. The first kappa shape index (κ1) is 12.8. The smallest absolute Gasteiger partial charge is 0.414 e. The van der Waals surface area contributed by atoms with Gasteiger partial charge in [0.2, 0.25) is 10.0 Å². The van der Waals surface area contributed by atoms with Crippen molar-refractivity contribution in [3.8, 4) is 0 Å². The van der Waals surface area contributed by atoms with Crippen LogP contribution in [0.1, 0.15) is 0 Å². The van der Waals surface area contributed by atoms with Crippen LogP contribution < -0.4 is 15.8 Å². The molecule has 4 N–H and O–H groups in total. The highest BCUT2D eigenvalue weighted by atomic mass is 32.2. The molecule has 2 rings (SSSR count). The summed E-state index contributed by atoms with van der Waals surface area (Å²) in [6.45, 7) is 0.599. The zero-order valence-corrected chi connectivity index (χ0v) is 10.3. The number of rotatable bonds is 3. The van der Waals surface area contributed by atoms with Gasteiger partial charge in [0.1, 0.15) is 6.10 Å². The predicted octanol–water partition coefficient (Wildman–Crippen LogP) is -0.382. The van der Waals surface area contributed by atoms with Crippen molar-refractivity contribution in [2.45, 2.75) is 11.0 Å². The van der Waals surface area contributed by atoms with Crippen LogP contribution >= 0.6 is 0 Å². The van der Waals surface area contributed by atoms with Gasteiger partial charge in [-0.3, -0.25) is 4.90 Å². The van der Waals surface area contributed by atoms with E-state index in [2.05, 4.69) is 0 Å². The Morgan fingerprint density at radius 2 is 1.94 bits per heavy atom. The normalized spacial score (nSPS) is 20.0. The lowest BCUT2D eigenvalue weighted by Crippen LogP contribution is -2.27. The summed E-state index contributed by atoms with van der Waals surface area (Å²) in [4.78, 5) is 12.9. The highest BCUT2D eigenvalue weighted by Crippen LogP contribution is 2.22. The SMILES string of the molecule is NCC1CN(c2ccc(S(N)(=O)=O)cc2)C(=O)O1. The van der Waals surface area contributed by atoms with Crippen LogP contribution in [-0.2, 0) is 14.8 Å². The Morgan fingerprint density at radius 3 is 2.39 bits per heavy atom. The van der Waals surface area contributed by atoms with Gasteiger partial charge in [-0.1, -0.05) is 0 Å². The number of nitrogens with zero attached hydrogens (tertiary/aromatic N) is 1. The second-order valence-corrected chi connectivity index (χ2v) is 5.45. The van der Waals surface area contributed by atoms with E-state index in [9.17, 15) is 13.2 Å². The largest absolute Gasteiger partial charge is 0.443 e. The van der Waals surface area contributed by atoms with Crippen LogP contribution in [0, 0.1) is 0 Å². The summed E-state index contributed by atoms with van der Waals surface area (Å²) in [6.07, 6.45) is -0.829. The number of hydrogen-bond acceptors (Lipinski definition) is 5. The van der Waals surface area contributed by atoms with Crippen LogP contribution in [0.5, 0.6) is 0 Å². The summed E-state index contributed by atoms with van der Waals surface area (Å²) in [5, 5.41) is 4.98. The number of nitrogens with two attached hydrogens (primary N) is 2. The number of carbonyl (C=O) groups excluding carboxylic acids is 1. The Morgan fingerprint density at radius 1 is 1.33 bits per heavy atom. The molecule has 8 heteroatoms. The molecule has 18 heavy (non-hydrogen) atoms. The van der Waals surface area contributed by atoms with Crippen LogP contribution in [0.25, 0.3) is 0 Å². The fourth-order valence-corrected chi connectivity index (χ4v) is 2.19. The molecule has 1 amide bonds. The number of anilines is 1. The molecule has 0 bridgehead atoms. The minimum absolute atomic E-state index is 0.00538. The molecule has 1 aromatic rings. The van der Waals surface area contributed by atoms with Crippen LogP contribution in [-0.4, -0.2) is 33.7 Å². The highest BCUT2D eigenvalue weighted by molar-refractivity contribution is 7.89. The molecule has 1 fully saturated rings. The standard InChI is InChI=1S/C10H13N3O4S/c11-5-8-6-13(10(14)17-8)7-1-3-9(4-2-7)18(12,15)16/h1-4,8H,5-6,11H2,(H2,12,15,16). The predicted molar refractivity (Wildman–Crippen MR) is 64.5 cm³/mol. The molecule has 1 heterocycles. The fraction of sp³-hybridized carbons (Fsp3) is 0.300. The van der Waals surface area contributed by atoms with Crippen molar-refractivity contribution in [3.63, 3.8) is 0 Å². The first-order valence-corrected chi connectivity index (χ1v) is 6.77. The van der Waals surface area contributed by atoms with Gasteiger partial charge >= 0.3 is 6.09 Å². The van der Waals surface area contributed by atoms with Gasteiger partial charge in [0.25, 0.3) is 0 Å². The summed E-state index contributed by atoms with van der Waals surface area (Å²) in [7, 11) is -3.73. The lowest BCUT2D eigenvalue weighted by molar-refractivity contribution is 0.145. The molecule has 1 aromatic carbocycles. The maximum Gasteiger partial charge on any atom is 0.414 e. The van der Waals surface area contributed by atoms with Crippen molar-refractivity contribution in [3.05, 3.63) is 24.3 Å². The van der Waals surface area contributed by atoms with Crippen molar-refractivity contribution in [1.82, 2.24) is 0 Å². The Kier molecular flexibility index (Phi) is 3.24. The Labute approximate surface area is 104 Å². The van der Waals surface area contributed by atoms with Gasteiger partial charge in [0, 0.05) is 12.2 Å². The van der Waals surface area contributed by atoms with Crippen LogP contribution in [0.2, 0.25) is 0 Å². The Balaban J connectivity index is 2.23. The third kappa shape index (κ3) is 2.45. The molecule has 0 saturated carbocycles. The van der Waals surface area contributed by atoms with Crippen LogP contribution in [0.15, 0.2) is 29.2 Å². The van der Waals surface area contributed by atoms with Crippen LogP contribution in [0.4, 0.5) is 10.5 Å². The van der Waals surface area contributed by atoms with Crippen molar-refractivity contribution in [2.75, 3.05) is 18.0 Å². The summed E-state index contributed by atoms with van der Waals surface area (Å²) in [6, 6.07) is 5.68. The average molecular weight is 271 g/mol. The van der Waals surface area contributed by atoms with E-state index in [-0.39, 0.29) is 17.5 Å². The summed E-state index contributed by atoms with van der Waals surface area (Å²) >= 11 is 0. The molecule has 1 aliphatic heterocycles. The monoisotopic (exact) mass is 271 g/mol. The Bertz CT molecular complexity index is 555. The number of amides is 1. The topological polar surface area (TPSA) is 116 Å². The van der Waals surface area contributed by atoms with Crippen molar-refractivity contribution >= 4 is 21.8 Å². The zero-order valence-electron chi connectivity index (χ0n) is 9.44. The highest BCUT2D eigenvalue weighted by Gasteiger charge is 2.31. The summed E-state index contributed by atoms with van der Waals surface area (Å²) in [5.74, 6) is 0. The minimum atomic E-state index is -3.73. The number of carbonyl (C=O) groups is 1. The van der Waals surface area contributed by atoms with E-state index in [1.54, 1.807) is 0 Å². The molecule has 0 aromatic heterocycles. The quantitative estimate of drug-likeness (QED) is 0.777. The maximum atomic E-state index is 11.5. The molecule has 7 nitrogen and oxygen atoms in total. The van der Waals surface area contributed by atoms with E-state index >= 15 is 0 Å². The number of hydrogen-bond donors (Lipinski definition) is 2. The van der Waals surface area contributed by atoms with Crippen molar-refractivity contribution in [1.29, 1.82) is 0 Å². The van der Waals surface area contributed by atoms with Crippen molar-refractivity contribution < 1.29 is 17.9 Å². The lowest BCUT2D eigenvalue weighted by Gasteiger charge is -2.12. The van der Waals surface area contributed by atoms with E-state index in [1.165, 1.54) is 29.2 Å². The molecular weight excluding hydrogens is 258 g/mol. The number of ether oxygens (including phenoxy) is 1. The van der Waals surface area contributed by atoms with Crippen molar-refractivity contribution in [2.24, 2.45) is 10.9 Å². The van der Waals surface area contributed by atoms with E-state index in [0.717, 1.165) is 0 Å². The lowest BCUT2D eigenvalue weighted by atomic mass is 10.3. The molecule has 98 valence electrons. The van der Waals surface area contributed by atoms with E-state index < -0.39 is 16.1 Å². The number of sulfonamides is 1. The van der Waals surface area contributed by atoms with E-state index in [4.69, 9.17) is 15.6 Å². The van der Waals surface area contributed by atoms with Gasteiger partial charge in [-0.15, -0.1) is 0 Å². The maximum absolute atomic E-state index is 11.5. The molecule has 1 aliphatic rings. The van der Waals surface area contributed by atoms with Gasteiger partial charge in [-0.2, -0.15) is 0 Å². The second-order valence-electron chi connectivity index (χ2n) is 3.89. The molecule has 1 atom stereocenters. The van der Waals surface area contributed by atoms with Crippen LogP contribution in [0.3, 0.4) is 0 Å². The molecule has 1 saturated heterocycles.